The summed E-state index contributed by atoms with van der Waals surface area (Å²) in [5.74, 6) is 0.852. The monoisotopic (exact) mass is 730 g/mol. The van der Waals surface area contributed by atoms with Crippen LogP contribution in [0.1, 0.15) is 66.9 Å². The van der Waals surface area contributed by atoms with Gasteiger partial charge in [0.2, 0.25) is 0 Å². The Morgan fingerprint density at radius 3 is 2.36 bits per heavy atom. The van der Waals surface area contributed by atoms with E-state index in [-0.39, 0.29) is 36.8 Å². The summed E-state index contributed by atoms with van der Waals surface area (Å²) in [5, 5.41) is 38.5. The number of rotatable bonds is 18. The van der Waals surface area contributed by atoms with E-state index in [9.17, 15) is 20.1 Å². The fraction of sp³-hybridized carbons (Fsp3) is 0.548. The molecule has 11 nitrogen and oxygen atoms in total. The molecule has 0 radical (unpaired) electrons. The van der Waals surface area contributed by atoms with Gasteiger partial charge in [0.15, 0.2) is 6.61 Å². The number of carbonyl (C=O) groups is 1. The fourth-order valence-corrected chi connectivity index (χ4v) is 8.85. The second-order valence-corrected chi connectivity index (χ2v) is 15.5. The Balaban J connectivity index is 0.796. The number of aliphatic hydroxyl groups is 2. The first-order valence-electron chi connectivity index (χ1n) is 19.5. The molecule has 0 unspecified atom stereocenters. The predicted molar refractivity (Wildman–Crippen MR) is 200 cm³/mol. The molecule has 53 heavy (non-hydrogen) atoms. The zero-order valence-electron chi connectivity index (χ0n) is 30.7. The second-order valence-electron chi connectivity index (χ2n) is 15.5. The molecule has 3 aromatic carbocycles. The Bertz CT molecular complexity index is 1640. The van der Waals surface area contributed by atoms with E-state index in [0.717, 1.165) is 47.1 Å². The van der Waals surface area contributed by atoms with Crippen LogP contribution in [0.2, 0.25) is 0 Å². The molecule has 3 saturated heterocycles. The standard InChI is InChI=1S/C42H55N3O8/c46-35-22-36(41-37(23-35)44-40(48)28-52-41)38(47)24-43-16-20-50-26-30-10-12-31(13-11-30)27-51-21-19-45-17-14-32(15-18-45)39(25-45)53-29-42(49,34-8-4-5-9-34)33-6-2-1-3-7-33/h1-3,6-7,10-13,22-23,32,34,38-39,43,47,49H,4-5,8-9,14-21,24-29H2,(H-,44,46,48)/p+1/t32?,38-,39-,42+,45?/m0/s1. The van der Waals surface area contributed by atoms with Crippen molar-refractivity contribution in [3.05, 3.63) is 89.0 Å². The van der Waals surface area contributed by atoms with Gasteiger partial charge in [-0.25, -0.2) is 0 Å². The number of ether oxygens (including phenoxy) is 4. The molecule has 0 spiro atoms. The Kier molecular flexibility index (Phi) is 12.3. The van der Waals surface area contributed by atoms with Crippen molar-refractivity contribution >= 4 is 11.6 Å². The number of anilines is 1. The lowest BCUT2D eigenvalue weighted by Gasteiger charge is -2.52. The summed E-state index contributed by atoms with van der Waals surface area (Å²) >= 11 is 0. The number of quaternary nitrogens is 1. The number of nitrogens with zero attached hydrogens (tertiary/aromatic N) is 1. The lowest BCUT2D eigenvalue weighted by Crippen LogP contribution is -2.65. The summed E-state index contributed by atoms with van der Waals surface area (Å²) in [5.41, 5.74) is 3.05. The molecule has 4 aliphatic heterocycles. The number of aromatic hydroxyl groups is 1. The predicted octanol–water partition coefficient (Wildman–Crippen LogP) is 4.78. The number of piperidine rings is 3. The van der Waals surface area contributed by atoms with E-state index in [0.29, 0.717) is 62.5 Å². The van der Waals surface area contributed by atoms with Crippen molar-refractivity contribution < 1.29 is 43.5 Å². The Morgan fingerprint density at radius 1 is 0.943 bits per heavy atom. The number of hydrogen-bond acceptors (Lipinski definition) is 9. The summed E-state index contributed by atoms with van der Waals surface area (Å²) in [7, 11) is 0. The van der Waals surface area contributed by atoms with E-state index in [2.05, 4.69) is 47.0 Å². The molecule has 3 atom stereocenters. The Hall–Kier alpha value is -3.55. The van der Waals surface area contributed by atoms with Crippen LogP contribution in [0, 0.1) is 11.8 Å². The summed E-state index contributed by atoms with van der Waals surface area (Å²) in [6.07, 6.45) is 6.11. The van der Waals surface area contributed by atoms with E-state index in [4.69, 9.17) is 18.9 Å². The number of hydrogen-bond donors (Lipinski definition) is 5. The maximum Gasteiger partial charge on any atom is 0.262 e. The number of amides is 1. The first-order valence-corrected chi connectivity index (χ1v) is 19.5. The highest BCUT2D eigenvalue weighted by Gasteiger charge is 2.48. The lowest BCUT2D eigenvalue weighted by atomic mass is 9.80. The molecule has 1 amide bonds. The molecule has 4 fully saturated rings. The zero-order chi connectivity index (χ0) is 36.7. The van der Waals surface area contributed by atoms with Gasteiger partial charge >= 0.3 is 0 Å². The first kappa shape index (κ1) is 37.8. The lowest BCUT2D eigenvalue weighted by molar-refractivity contribution is -0.946. The van der Waals surface area contributed by atoms with Crippen LogP contribution in [0.5, 0.6) is 11.5 Å². The van der Waals surface area contributed by atoms with Crippen molar-refractivity contribution in [1.29, 1.82) is 0 Å². The highest BCUT2D eigenvalue weighted by molar-refractivity contribution is 5.96. The van der Waals surface area contributed by atoms with Crippen molar-refractivity contribution in [2.24, 2.45) is 11.8 Å². The molecular formula is C42H56N3O8+. The van der Waals surface area contributed by atoms with Crippen molar-refractivity contribution in [3.8, 4) is 11.5 Å². The van der Waals surface area contributed by atoms with Crippen LogP contribution >= 0.6 is 0 Å². The molecule has 0 aromatic heterocycles. The van der Waals surface area contributed by atoms with Gasteiger partial charge in [-0.3, -0.25) is 4.79 Å². The maximum atomic E-state index is 12.0. The molecule has 4 heterocycles. The molecule has 2 bridgehead atoms. The number of fused-ring (bicyclic) bond motifs is 4. The minimum atomic E-state index is -0.929. The Labute approximate surface area is 312 Å². The summed E-state index contributed by atoms with van der Waals surface area (Å²) in [6, 6.07) is 21.4. The molecule has 5 N–H and O–H groups in total. The highest BCUT2D eigenvalue weighted by atomic mass is 16.5. The van der Waals surface area contributed by atoms with Gasteiger partial charge in [-0.1, -0.05) is 67.4 Å². The van der Waals surface area contributed by atoms with Crippen molar-refractivity contribution in [3.63, 3.8) is 0 Å². The summed E-state index contributed by atoms with van der Waals surface area (Å²) < 4.78 is 25.3. The van der Waals surface area contributed by atoms with Gasteiger partial charge in [-0.15, -0.1) is 0 Å². The van der Waals surface area contributed by atoms with Gasteiger partial charge in [0, 0.05) is 43.5 Å². The van der Waals surface area contributed by atoms with Crippen molar-refractivity contribution in [2.75, 3.05) is 71.0 Å². The van der Waals surface area contributed by atoms with E-state index in [1.165, 1.54) is 50.9 Å². The quantitative estimate of drug-likeness (QED) is 0.0925. The number of phenolic OH excluding ortho intramolecular Hbond substituents is 1. The van der Waals surface area contributed by atoms with Gasteiger partial charge in [0.05, 0.1) is 57.9 Å². The first-order chi connectivity index (χ1) is 25.8. The van der Waals surface area contributed by atoms with Crippen molar-refractivity contribution in [2.45, 2.75) is 69.5 Å². The van der Waals surface area contributed by atoms with Gasteiger partial charge in [0.1, 0.15) is 36.3 Å². The average molecular weight is 731 g/mol. The molecule has 8 rings (SSSR count). The van der Waals surface area contributed by atoms with Crippen LogP contribution in [-0.4, -0.2) is 97.5 Å². The van der Waals surface area contributed by atoms with E-state index in [1.807, 2.05) is 18.2 Å². The SMILES string of the molecule is O=C1COc2c(cc(O)cc2[C@@H](O)CNCCOCc2ccc(COCC[N+]34CCC(CC3)[C@@H](OC[C@@](O)(c3ccccc3)C3CCCC3)C4)cc2)N1. The third-order valence-electron chi connectivity index (χ3n) is 12.0. The maximum absolute atomic E-state index is 12.0. The molecule has 1 aliphatic carbocycles. The minimum absolute atomic E-state index is 0.0567. The number of aliphatic hydroxyl groups excluding tert-OH is 1. The summed E-state index contributed by atoms with van der Waals surface area (Å²) in [6.45, 7) is 7.58. The third kappa shape index (κ3) is 9.23. The Morgan fingerprint density at radius 2 is 1.64 bits per heavy atom. The largest absolute Gasteiger partial charge is 0.508 e. The molecule has 1 saturated carbocycles. The van der Waals surface area contributed by atoms with Crippen LogP contribution < -0.4 is 15.4 Å². The minimum Gasteiger partial charge on any atom is -0.508 e. The van der Waals surface area contributed by atoms with Crippen LogP contribution in [0.4, 0.5) is 5.69 Å². The smallest absolute Gasteiger partial charge is 0.262 e. The van der Waals surface area contributed by atoms with Gasteiger partial charge < -0.3 is 49.4 Å². The van der Waals surface area contributed by atoms with Crippen LogP contribution in [0.25, 0.3) is 0 Å². The molecule has 3 aromatic rings. The number of nitrogens with one attached hydrogen (secondary N) is 2. The zero-order valence-corrected chi connectivity index (χ0v) is 30.7. The van der Waals surface area contributed by atoms with Crippen LogP contribution in [0.15, 0.2) is 66.7 Å². The number of benzene rings is 3. The van der Waals surface area contributed by atoms with E-state index in [1.54, 1.807) is 0 Å². The second kappa shape index (κ2) is 17.3. The third-order valence-corrected chi connectivity index (χ3v) is 12.0. The average Bonchev–Trinajstić information content (AvgIpc) is 3.74. The molecular weight excluding hydrogens is 674 g/mol. The molecule has 5 aliphatic rings. The molecule has 286 valence electrons. The van der Waals surface area contributed by atoms with Gasteiger partial charge in [-0.05, 0) is 41.5 Å². The van der Waals surface area contributed by atoms with E-state index >= 15 is 0 Å². The normalized spacial score (nSPS) is 24.3. The van der Waals surface area contributed by atoms with Gasteiger partial charge in [0.25, 0.3) is 5.91 Å². The fourth-order valence-electron chi connectivity index (χ4n) is 8.85. The van der Waals surface area contributed by atoms with Gasteiger partial charge in [-0.2, -0.15) is 0 Å². The highest BCUT2D eigenvalue weighted by Crippen LogP contribution is 2.43. The number of phenols is 1. The van der Waals surface area contributed by atoms with Crippen LogP contribution in [0.3, 0.4) is 0 Å². The van der Waals surface area contributed by atoms with Crippen molar-refractivity contribution in [1.82, 2.24) is 5.32 Å². The topological polar surface area (TPSA) is 139 Å². The summed E-state index contributed by atoms with van der Waals surface area (Å²) in [4.78, 5) is 11.6. The van der Waals surface area contributed by atoms with Crippen LogP contribution in [-0.2, 0) is 37.8 Å². The molecule has 11 heteroatoms. The number of carbonyl (C=O) groups excluding carboxylic acids is 1. The van der Waals surface area contributed by atoms with E-state index < -0.39 is 11.7 Å².